The fraction of sp³-hybridized carbons (Fsp3) is 0.0741. The zero-order chi connectivity index (χ0) is 22.8. The topological polar surface area (TPSA) is 56.5 Å². The Labute approximate surface area is 190 Å². The second kappa shape index (κ2) is 8.67. The molecule has 0 aliphatic carbocycles. The van der Waals surface area contributed by atoms with E-state index in [1.54, 1.807) is 35.1 Å². The highest BCUT2D eigenvalue weighted by molar-refractivity contribution is 5.92. The maximum Gasteiger partial charge on any atom is 0.338 e. The minimum absolute atomic E-state index is 0.135. The quantitative estimate of drug-likeness (QED) is 0.323. The van der Waals surface area contributed by atoms with Crippen molar-refractivity contribution in [3.05, 3.63) is 114 Å². The molecule has 0 radical (unpaired) electrons. The highest BCUT2D eigenvalue weighted by Gasteiger charge is 2.17. The number of aromatic nitrogens is 3. The van der Waals surface area contributed by atoms with Crippen LogP contribution in [0, 0.1) is 12.7 Å². The predicted molar refractivity (Wildman–Crippen MR) is 124 cm³/mol. The maximum atomic E-state index is 13.5. The van der Waals surface area contributed by atoms with Crippen LogP contribution in [0.2, 0.25) is 0 Å². The van der Waals surface area contributed by atoms with Gasteiger partial charge >= 0.3 is 5.97 Å². The van der Waals surface area contributed by atoms with Crippen LogP contribution in [0.25, 0.3) is 27.9 Å². The van der Waals surface area contributed by atoms with Crippen LogP contribution >= 0.6 is 0 Å². The van der Waals surface area contributed by atoms with Gasteiger partial charge in [0.1, 0.15) is 18.1 Å². The van der Waals surface area contributed by atoms with Gasteiger partial charge in [-0.1, -0.05) is 18.2 Å². The number of carbonyl (C=O) groups is 1. The Hall–Kier alpha value is -4.32. The van der Waals surface area contributed by atoms with Gasteiger partial charge in [0.15, 0.2) is 0 Å². The summed E-state index contributed by atoms with van der Waals surface area (Å²) in [5.41, 5.74) is 6.49. The Bertz CT molecular complexity index is 1440. The van der Waals surface area contributed by atoms with Crippen molar-refractivity contribution in [3.8, 4) is 22.4 Å². The first-order chi connectivity index (χ1) is 16.1. The number of halogens is 1. The number of hydrogen-bond acceptors (Lipinski definition) is 4. The second-order valence-electron chi connectivity index (χ2n) is 7.72. The van der Waals surface area contributed by atoms with Crippen LogP contribution in [-0.4, -0.2) is 20.6 Å². The molecule has 5 rings (SSSR count). The highest BCUT2D eigenvalue weighted by atomic mass is 19.1. The van der Waals surface area contributed by atoms with E-state index in [4.69, 9.17) is 9.84 Å². The summed E-state index contributed by atoms with van der Waals surface area (Å²) in [5.74, 6) is -0.659. The molecule has 0 aliphatic heterocycles. The van der Waals surface area contributed by atoms with E-state index in [1.165, 1.54) is 12.1 Å². The summed E-state index contributed by atoms with van der Waals surface area (Å²) >= 11 is 0. The number of aryl methyl sites for hydroxylation is 1. The summed E-state index contributed by atoms with van der Waals surface area (Å²) in [4.78, 5) is 16.6. The van der Waals surface area contributed by atoms with Gasteiger partial charge in [0.05, 0.1) is 11.1 Å². The van der Waals surface area contributed by atoms with Crippen molar-refractivity contribution in [2.75, 3.05) is 0 Å². The number of carbonyl (C=O) groups excluding carboxylic acids is 1. The third kappa shape index (κ3) is 4.11. The standard InChI is InChI=1S/C27H20FN3O2/c1-18-4-2-3-5-23(18)27(32)33-17-19-12-15-31-24(16-19)25(20-10-13-29-14-11-20)26(30-31)21-6-8-22(28)9-7-21/h2-16H,17H2,1H3. The summed E-state index contributed by atoms with van der Waals surface area (Å²) in [6.07, 6.45) is 5.28. The van der Waals surface area contributed by atoms with Gasteiger partial charge in [-0.3, -0.25) is 4.98 Å². The lowest BCUT2D eigenvalue weighted by molar-refractivity contribution is 0.0472. The molecule has 3 aromatic heterocycles. The maximum absolute atomic E-state index is 13.5. The lowest BCUT2D eigenvalue weighted by Crippen LogP contribution is -2.07. The first kappa shape index (κ1) is 20.6. The van der Waals surface area contributed by atoms with Gasteiger partial charge in [-0.15, -0.1) is 0 Å². The number of fused-ring (bicyclic) bond motifs is 1. The summed E-state index contributed by atoms with van der Waals surface area (Å²) in [6, 6.07) is 21.3. The number of ether oxygens (including phenoxy) is 1. The molecule has 0 amide bonds. The molecule has 0 aliphatic rings. The van der Waals surface area contributed by atoms with E-state index >= 15 is 0 Å². The Kier molecular flexibility index (Phi) is 5.40. The lowest BCUT2D eigenvalue weighted by Gasteiger charge is -2.08. The normalized spacial score (nSPS) is 11.0. The SMILES string of the molecule is Cc1ccccc1C(=O)OCc1ccn2nc(-c3ccc(F)cc3)c(-c3ccncc3)c2c1. The van der Waals surface area contributed by atoms with Crippen molar-refractivity contribution >= 4 is 11.5 Å². The molecule has 0 saturated carbocycles. The molecular formula is C27H20FN3O2. The van der Waals surface area contributed by atoms with E-state index in [0.717, 1.165) is 39.0 Å². The van der Waals surface area contributed by atoms with Crippen LogP contribution in [0.15, 0.2) is 91.4 Å². The molecule has 0 saturated heterocycles. The van der Waals surface area contributed by atoms with Gasteiger partial charge in [-0.2, -0.15) is 5.10 Å². The van der Waals surface area contributed by atoms with Gasteiger partial charge in [0, 0.05) is 29.7 Å². The van der Waals surface area contributed by atoms with Crippen LogP contribution in [-0.2, 0) is 11.3 Å². The summed E-state index contributed by atoms with van der Waals surface area (Å²) in [7, 11) is 0. The van der Waals surface area contributed by atoms with E-state index in [1.807, 2.05) is 55.6 Å². The first-order valence-corrected chi connectivity index (χ1v) is 10.5. The first-order valence-electron chi connectivity index (χ1n) is 10.5. The molecule has 3 heterocycles. The van der Waals surface area contributed by atoms with Crippen LogP contribution in [0.4, 0.5) is 4.39 Å². The van der Waals surface area contributed by atoms with Crippen LogP contribution < -0.4 is 0 Å². The van der Waals surface area contributed by atoms with Crippen molar-refractivity contribution in [2.45, 2.75) is 13.5 Å². The van der Waals surface area contributed by atoms with Crippen molar-refractivity contribution < 1.29 is 13.9 Å². The average Bonchev–Trinajstić information content (AvgIpc) is 3.22. The smallest absolute Gasteiger partial charge is 0.338 e. The highest BCUT2D eigenvalue weighted by Crippen LogP contribution is 2.35. The number of esters is 1. The second-order valence-corrected chi connectivity index (χ2v) is 7.72. The molecule has 162 valence electrons. The lowest BCUT2D eigenvalue weighted by atomic mass is 10.00. The molecule has 33 heavy (non-hydrogen) atoms. The summed E-state index contributed by atoms with van der Waals surface area (Å²) in [5, 5.41) is 4.75. The Morgan fingerprint density at radius 2 is 1.73 bits per heavy atom. The number of pyridine rings is 2. The van der Waals surface area contributed by atoms with E-state index in [9.17, 15) is 9.18 Å². The minimum Gasteiger partial charge on any atom is -0.457 e. The van der Waals surface area contributed by atoms with Crippen molar-refractivity contribution in [1.82, 2.24) is 14.6 Å². The van der Waals surface area contributed by atoms with Gasteiger partial charge in [0.25, 0.3) is 0 Å². The third-order valence-electron chi connectivity index (χ3n) is 5.52. The van der Waals surface area contributed by atoms with E-state index in [2.05, 4.69) is 4.98 Å². The van der Waals surface area contributed by atoms with E-state index < -0.39 is 0 Å². The molecule has 0 atom stereocenters. The largest absolute Gasteiger partial charge is 0.457 e. The fourth-order valence-electron chi connectivity index (χ4n) is 3.82. The molecule has 0 N–H and O–H groups in total. The third-order valence-corrected chi connectivity index (χ3v) is 5.52. The van der Waals surface area contributed by atoms with Gasteiger partial charge < -0.3 is 4.74 Å². The molecule has 6 heteroatoms. The van der Waals surface area contributed by atoms with Crippen molar-refractivity contribution in [2.24, 2.45) is 0 Å². The van der Waals surface area contributed by atoms with Gasteiger partial charge in [-0.25, -0.2) is 13.7 Å². The number of hydrogen-bond donors (Lipinski definition) is 0. The van der Waals surface area contributed by atoms with Crippen LogP contribution in [0.1, 0.15) is 21.5 Å². The molecular weight excluding hydrogens is 417 g/mol. The number of nitrogens with zero attached hydrogens (tertiary/aromatic N) is 3. The molecule has 0 bridgehead atoms. The zero-order valence-electron chi connectivity index (χ0n) is 17.9. The molecule has 0 unspecified atom stereocenters. The monoisotopic (exact) mass is 437 g/mol. The molecule has 0 fully saturated rings. The predicted octanol–water partition coefficient (Wildman–Crippen LogP) is 5.87. The fourth-order valence-corrected chi connectivity index (χ4v) is 3.82. The number of rotatable bonds is 5. The van der Waals surface area contributed by atoms with Gasteiger partial charge in [-0.05, 0) is 78.2 Å². The molecule has 5 aromatic rings. The van der Waals surface area contributed by atoms with Crippen LogP contribution in [0.5, 0.6) is 0 Å². The van der Waals surface area contributed by atoms with E-state index in [0.29, 0.717) is 5.56 Å². The van der Waals surface area contributed by atoms with E-state index in [-0.39, 0.29) is 18.4 Å². The Balaban J connectivity index is 1.54. The molecule has 5 nitrogen and oxygen atoms in total. The Morgan fingerprint density at radius 3 is 2.48 bits per heavy atom. The average molecular weight is 437 g/mol. The zero-order valence-corrected chi connectivity index (χ0v) is 17.9. The molecule has 0 spiro atoms. The Morgan fingerprint density at radius 1 is 0.970 bits per heavy atom. The minimum atomic E-state index is -0.358. The van der Waals surface area contributed by atoms with Crippen molar-refractivity contribution in [1.29, 1.82) is 0 Å². The molecule has 2 aromatic carbocycles. The summed E-state index contributed by atoms with van der Waals surface area (Å²) in [6.45, 7) is 2.02. The summed E-state index contributed by atoms with van der Waals surface area (Å²) < 4.78 is 20.9. The van der Waals surface area contributed by atoms with Crippen molar-refractivity contribution in [3.63, 3.8) is 0 Å². The van der Waals surface area contributed by atoms with Gasteiger partial charge in [0.2, 0.25) is 0 Å². The number of benzene rings is 2. The van der Waals surface area contributed by atoms with Crippen LogP contribution in [0.3, 0.4) is 0 Å².